The third-order valence-corrected chi connectivity index (χ3v) is 3.88. The zero-order valence-electron chi connectivity index (χ0n) is 12.0. The summed E-state index contributed by atoms with van der Waals surface area (Å²) in [6.45, 7) is 4.75. The van der Waals surface area contributed by atoms with Gasteiger partial charge in [0.15, 0.2) is 0 Å². The van der Waals surface area contributed by atoms with Crippen LogP contribution in [-0.4, -0.2) is 4.92 Å². The molecule has 0 saturated carbocycles. The number of halogens is 1. The minimum absolute atomic E-state index is 0.102. The fourth-order valence-electron chi connectivity index (χ4n) is 2.29. The summed E-state index contributed by atoms with van der Waals surface area (Å²) < 4.78 is 0.719. The van der Waals surface area contributed by atoms with E-state index in [-0.39, 0.29) is 16.7 Å². The van der Waals surface area contributed by atoms with Crippen molar-refractivity contribution < 1.29 is 4.92 Å². The number of aryl methyl sites for hydroxylation is 1. The van der Waals surface area contributed by atoms with Crippen molar-refractivity contribution in [2.24, 2.45) is 0 Å². The molecule has 0 aliphatic carbocycles. The molecule has 110 valence electrons. The first-order chi connectivity index (χ1) is 9.97. The molecule has 0 radical (unpaired) electrons. The Kier molecular flexibility index (Phi) is 5.09. The van der Waals surface area contributed by atoms with Crippen molar-refractivity contribution in [3.8, 4) is 0 Å². The average Bonchev–Trinajstić information content (AvgIpc) is 2.44. The number of nitro groups is 1. The van der Waals surface area contributed by atoms with E-state index in [2.05, 4.69) is 47.2 Å². The van der Waals surface area contributed by atoms with Crippen LogP contribution in [0, 0.1) is 17.0 Å². The summed E-state index contributed by atoms with van der Waals surface area (Å²) in [6.07, 6.45) is 0. The number of nitro benzene ring substituents is 1. The van der Waals surface area contributed by atoms with Gasteiger partial charge in [0.25, 0.3) is 5.69 Å². The highest BCUT2D eigenvalue weighted by Crippen LogP contribution is 2.22. The van der Waals surface area contributed by atoms with E-state index < -0.39 is 0 Å². The molecule has 0 unspecified atom stereocenters. The van der Waals surface area contributed by atoms with Gasteiger partial charge in [0, 0.05) is 29.2 Å². The first-order valence-corrected chi connectivity index (χ1v) is 7.49. The first-order valence-electron chi connectivity index (χ1n) is 6.70. The Balaban J connectivity index is 2.09. The van der Waals surface area contributed by atoms with E-state index in [4.69, 9.17) is 0 Å². The Hall–Kier alpha value is -1.72. The van der Waals surface area contributed by atoms with Gasteiger partial charge in [-0.2, -0.15) is 0 Å². The van der Waals surface area contributed by atoms with E-state index in [1.54, 1.807) is 6.07 Å². The molecule has 2 rings (SSSR count). The summed E-state index contributed by atoms with van der Waals surface area (Å²) in [4.78, 5) is 10.5. The van der Waals surface area contributed by atoms with Gasteiger partial charge in [0.1, 0.15) is 0 Å². The van der Waals surface area contributed by atoms with E-state index in [1.165, 1.54) is 17.2 Å². The molecular weight excluding hydrogens is 332 g/mol. The zero-order chi connectivity index (χ0) is 15.4. The van der Waals surface area contributed by atoms with Gasteiger partial charge in [0.2, 0.25) is 0 Å². The predicted octanol–water partition coefficient (Wildman–Crippen LogP) is 4.52. The number of nitrogens with zero attached hydrogens (tertiary/aromatic N) is 1. The van der Waals surface area contributed by atoms with Gasteiger partial charge in [-0.05, 0) is 36.6 Å². The summed E-state index contributed by atoms with van der Waals surface area (Å²) in [6, 6.07) is 13.4. The number of nitrogens with one attached hydrogen (secondary N) is 1. The van der Waals surface area contributed by atoms with Gasteiger partial charge in [-0.25, -0.2) is 0 Å². The van der Waals surface area contributed by atoms with Crippen molar-refractivity contribution >= 4 is 21.6 Å². The molecule has 0 amide bonds. The Morgan fingerprint density at radius 2 is 2.00 bits per heavy atom. The van der Waals surface area contributed by atoms with Crippen LogP contribution in [0.25, 0.3) is 0 Å². The molecule has 0 spiro atoms. The maximum atomic E-state index is 10.9. The molecule has 21 heavy (non-hydrogen) atoms. The van der Waals surface area contributed by atoms with Crippen LogP contribution in [-0.2, 0) is 6.54 Å². The SMILES string of the molecule is Cc1ccccc1[C@@H](C)NCc1cc(Br)cc([N+](=O)[O-])c1. The minimum atomic E-state index is -0.376. The van der Waals surface area contributed by atoms with Crippen molar-refractivity contribution in [1.82, 2.24) is 5.32 Å². The quantitative estimate of drug-likeness (QED) is 0.638. The summed E-state index contributed by atoms with van der Waals surface area (Å²) >= 11 is 3.31. The summed E-state index contributed by atoms with van der Waals surface area (Å²) in [5, 5.41) is 14.3. The van der Waals surface area contributed by atoms with Crippen LogP contribution < -0.4 is 5.32 Å². The third-order valence-electron chi connectivity index (χ3n) is 3.42. The molecule has 0 heterocycles. The summed E-state index contributed by atoms with van der Waals surface area (Å²) in [7, 11) is 0. The summed E-state index contributed by atoms with van der Waals surface area (Å²) in [5.74, 6) is 0. The number of benzene rings is 2. The molecule has 0 saturated heterocycles. The molecule has 0 fully saturated rings. The monoisotopic (exact) mass is 348 g/mol. The van der Waals surface area contributed by atoms with Gasteiger partial charge in [-0.3, -0.25) is 10.1 Å². The molecule has 1 atom stereocenters. The highest BCUT2D eigenvalue weighted by molar-refractivity contribution is 9.10. The molecule has 1 N–H and O–H groups in total. The van der Waals surface area contributed by atoms with Crippen LogP contribution >= 0.6 is 15.9 Å². The second kappa shape index (κ2) is 6.83. The fourth-order valence-corrected chi connectivity index (χ4v) is 2.82. The van der Waals surface area contributed by atoms with Crippen LogP contribution in [0.4, 0.5) is 5.69 Å². The Bertz CT molecular complexity index is 658. The highest BCUT2D eigenvalue weighted by atomic mass is 79.9. The van der Waals surface area contributed by atoms with Crippen molar-refractivity contribution in [3.63, 3.8) is 0 Å². The topological polar surface area (TPSA) is 55.2 Å². The van der Waals surface area contributed by atoms with E-state index in [1.807, 2.05) is 18.2 Å². The number of rotatable bonds is 5. The van der Waals surface area contributed by atoms with Crippen LogP contribution in [0.15, 0.2) is 46.9 Å². The lowest BCUT2D eigenvalue weighted by Crippen LogP contribution is -2.19. The molecule has 2 aromatic rings. The van der Waals surface area contributed by atoms with E-state index in [0.717, 1.165) is 10.0 Å². The second-order valence-corrected chi connectivity index (χ2v) is 5.95. The molecule has 5 heteroatoms. The smallest absolute Gasteiger partial charge is 0.270 e. The Morgan fingerprint density at radius 1 is 1.29 bits per heavy atom. The minimum Gasteiger partial charge on any atom is -0.306 e. The van der Waals surface area contributed by atoms with Gasteiger partial charge in [-0.1, -0.05) is 40.2 Å². The number of non-ortho nitro benzene ring substituents is 1. The number of hydrogen-bond acceptors (Lipinski definition) is 3. The van der Waals surface area contributed by atoms with Crippen molar-refractivity contribution in [2.45, 2.75) is 26.4 Å². The second-order valence-electron chi connectivity index (χ2n) is 5.03. The predicted molar refractivity (Wildman–Crippen MR) is 87.2 cm³/mol. The molecular formula is C16H17BrN2O2. The van der Waals surface area contributed by atoms with Crippen molar-refractivity contribution in [3.05, 3.63) is 73.7 Å². The van der Waals surface area contributed by atoms with Crippen LogP contribution in [0.3, 0.4) is 0 Å². The number of hydrogen-bond donors (Lipinski definition) is 1. The van der Waals surface area contributed by atoms with Gasteiger partial charge in [-0.15, -0.1) is 0 Å². The molecule has 2 aromatic carbocycles. The molecule has 4 nitrogen and oxygen atoms in total. The van der Waals surface area contributed by atoms with E-state index in [0.29, 0.717) is 6.54 Å². The fraction of sp³-hybridized carbons (Fsp3) is 0.250. The Labute approximate surface area is 132 Å². The van der Waals surface area contributed by atoms with E-state index in [9.17, 15) is 10.1 Å². The lowest BCUT2D eigenvalue weighted by molar-refractivity contribution is -0.385. The standard InChI is InChI=1S/C16H17BrN2O2/c1-11-5-3-4-6-16(11)12(2)18-10-13-7-14(17)9-15(8-13)19(20)21/h3-9,12,18H,10H2,1-2H3/t12-/m1/s1. The Morgan fingerprint density at radius 3 is 2.67 bits per heavy atom. The molecule has 0 aliphatic rings. The van der Waals surface area contributed by atoms with Gasteiger partial charge >= 0.3 is 0 Å². The average molecular weight is 349 g/mol. The van der Waals surface area contributed by atoms with Gasteiger partial charge in [0.05, 0.1) is 4.92 Å². The van der Waals surface area contributed by atoms with Crippen LogP contribution in [0.2, 0.25) is 0 Å². The van der Waals surface area contributed by atoms with Crippen LogP contribution in [0.5, 0.6) is 0 Å². The lowest BCUT2D eigenvalue weighted by Gasteiger charge is -2.16. The van der Waals surface area contributed by atoms with Gasteiger partial charge < -0.3 is 5.32 Å². The van der Waals surface area contributed by atoms with Crippen molar-refractivity contribution in [2.75, 3.05) is 0 Å². The van der Waals surface area contributed by atoms with Crippen LogP contribution in [0.1, 0.15) is 29.7 Å². The van der Waals surface area contributed by atoms with E-state index >= 15 is 0 Å². The van der Waals surface area contributed by atoms with Crippen molar-refractivity contribution in [1.29, 1.82) is 0 Å². The normalized spacial score (nSPS) is 12.1. The summed E-state index contributed by atoms with van der Waals surface area (Å²) in [5.41, 5.74) is 3.46. The molecule has 0 bridgehead atoms. The zero-order valence-corrected chi connectivity index (χ0v) is 13.6. The first kappa shape index (κ1) is 15.7. The lowest BCUT2D eigenvalue weighted by atomic mass is 10.0. The molecule has 0 aliphatic heterocycles. The highest BCUT2D eigenvalue weighted by Gasteiger charge is 2.11. The third kappa shape index (κ3) is 4.12. The largest absolute Gasteiger partial charge is 0.306 e. The maximum absolute atomic E-state index is 10.9. The maximum Gasteiger partial charge on any atom is 0.270 e. The molecule has 0 aromatic heterocycles.